The number of aromatic nitrogens is 3. The summed E-state index contributed by atoms with van der Waals surface area (Å²) in [6.07, 6.45) is 8.13. The number of aromatic amines is 1. The molecule has 2 aliphatic heterocycles. The number of carbonyl (C=O) groups is 2. The van der Waals surface area contributed by atoms with Crippen LogP contribution < -0.4 is 0 Å². The Morgan fingerprint density at radius 3 is 2.47 bits per heavy atom. The zero-order chi connectivity index (χ0) is 23.1. The van der Waals surface area contributed by atoms with Gasteiger partial charge in [0.25, 0.3) is 5.91 Å². The summed E-state index contributed by atoms with van der Waals surface area (Å²) < 4.78 is 0. The fourth-order valence-corrected chi connectivity index (χ4v) is 5.59. The number of likely N-dealkylation sites (tertiary alicyclic amines) is 2. The second-order valence-electron chi connectivity index (χ2n) is 9.91. The smallest absolute Gasteiger partial charge is 0.253 e. The van der Waals surface area contributed by atoms with Gasteiger partial charge in [-0.25, -0.2) is 0 Å². The van der Waals surface area contributed by atoms with Gasteiger partial charge in [-0.3, -0.25) is 14.7 Å². The first-order valence-corrected chi connectivity index (χ1v) is 12.3. The maximum absolute atomic E-state index is 13.1. The van der Waals surface area contributed by atoms with E-state index in [0.29, 0.717) is 28.8 Å². The van der Waals surface area contributed by atoms with Crippen molar-refractivity contribution in [3.05, 3.63) is 65.2 Å². The van der Waals surface area contributed by atoms with Crippen molar-refractivity contribution >= 4 is 28.9 Å². The van der Waals surface area contributed by atoms with Crippen molar-refractivity contribution in [2.75, 3.05) is 26.2 Å². The highest BCUT2D eigenvalue weighted by atomic mass is 16.2. The number of fused-ring (bicyclic) bond motifs is 2. The van der Waals surface area contributed by atoms with E-state index < -0.39 is 0 Å². The van der Waals surface area contributed by atoms with Gasteiger partial charge in [0, 0.05) is 37.8 Å². The molecule has 1 aromatic heterocycles. The number of rotatable bonds is 4. The number of hydrogen-bond donors (Lipinski definition) is 1. The van der Waals surface area contributed by atoms with E-state index in [2.05, 4.69) is 33.6 Å². The van der Waals surface area contributed by atoms with E-state index in [0.717, 1.165) is 44.5 Å². The van der Waals surface area contributed by atoms with Crippen molar-refractivity contribution in [1.29, 1.82) is 0 Å². The SMILES string of the molecule is O=C(C=Cc1ccccc1C1CC1)N1CC[C@@H]2CN(C(=O)c3ccc4[nH]nnc4c3)C[C@@H]2CC1. The molecule has 0 bridgehead atoms. The van der Waals surface area contributed by atoms with Crippen LogP contribution in [0.25, 0.3) is 17.1 Å². The van der Waals surface area contributed by atoms with E-state index in [4.69, 9.17) is 0 Å². The highest BCUT2D eigenvalue weighted by Gasteiger charge is 2.37. The van der Waals surface area contributed by atoms with Crippen molar-refractivity contribution in [2.24, 2.45) is 11.8 Å². The topological polar surface area (TPSA) is 82.2 Å². The van der Waals surface area contributed by atoms with Gasteiger partial charge in [-0.05, 0) is 78.8 Å². The molecule has 3 aromatic rings. The molecule has 6 rings (SSSR count). The zero-order valence-electron chi connectivity index (χ0n) is 19.2. The van der Waals surface area contributed by atoms with E-state index in [1.54, 1.807) is 6.08 Å². The lowest BCUT2D eigenvalue weighted by Crippen LogP contribution is -2.33. The molecule has 2 atom stereocenters. The summed E-state index contributed by atoms with van der Waals surface area (Å²) in [5.74, 6) is 1.70. The molecule has 34 heavy (non-hydrogen) atoms. The summed E-state index contributed by atoms with van der Waals surface area (Å²) in [7, 11) is 0. The molecule has 1 saturated carbocycles. The lowest BCUT2D eigenvalue weighted by atomic mass is 9.92. The van der Waals surface area contributed by atoms with Crippen LogP contribution in [0.4, 0.5) is 0 Å². The first kappa shape index (κ1) is 21.1. The Hall–Kier alpha value is -3.48. The lowest BCUT2D eigenvalue weighted by Gasteiger charge is -2.21. The summed E-state index contributed by atoms with van der Waals surface area (Å²) in [5, 5.41) is 10.6. The van der Waals surface area contributed by atoms with E-state index in [-0.39, 0.29) is 11.8 Å². The van der Waals surface area contributed by atoms with E-state index in [1.165, 1.54) is 24.0 Å². The number of carbonyl (C=O) groups excluding carboxylic acids is 2. The third-order valence-electron chi connectivity index (χ3n) is 7.71. The molecule has 1 N–H and O–H groups in total. The number of hydrogen-bond acceptors (Lipinski definition) is 4. The Bertz CT molecular complexity index is 1240. The van der Waals surface area contributed by atoms with Gasteiger partial charge in [0.1, 0.15) is 5.52 Å². The Kier molecular flexibility index (Phi) is 5.40. The number of amides is 2. The van der Waals surface area contributed by atoms with Gasteiger partial charge in [0.15, 0.2) is 0 Å². The van der Waals surface area contributed by atoms with Crippen molar-refractivity contribution in [3.8, 4) is 0 Å². The Balaban J connectivity index is 1.07. The summed E-state index contributed by atoms with van der Waals surface area (Å²) >= 11 is 0. The summed E-state index contributed by atoms with van der Waals surface area (Å²) in [5.41, 5.74) is 4.73. The number of nitrogens with one attached hydrogen (secondary N) is 1. The molecule has 3 fully saturated rings. The summed E-state index contributed by atoms with van der Waals surface area (Å²) in [6.45, 7) is 3.02. The number of H-pyrrole nitrogens is 1. The third kappa shape index (κ3) is 4.11. The molecule has 2 amide bonds. The second kappa shape index (κ2) is 8.70. The standard InChI is InChI=1S/C27H29N5O2/c33-26(10-8-18-3-1-2-4-23(18)19-5-6-19)31-13-11-21-16-32(17-22(21)12-14-31)27(34)20-7-9-24-25(15-20)29-30-28-24/h1-4,7-10,15,19,21-22H,5-6,11-14,16-17H2,(H,28,29,30)/t21-,22+. The quantitative estimate of drug-likeness (QED) is 0.606. The largest absolute Gasteiger partial charge is 0.339 e. The van der Waals surface area contributed by atoms with Crippen LogP contribution in [0.5, 0.6) is 0 Å². The van der Waals surface area contributed by atoms with E-state index >= 15 is 0 Å². The maximum Gasteiger partial charge on any atom is 0.253 e. The summed E-state index contributed by atoms with van der Waals surface area (Å²) in [4.78, 5) is 30.0. The van der Waals surface area contributed by atoms with Crippen LogP contribution in [0.3, 0.4) is 0 Å². The maximum atomic E-state index is 13.1. The third-order valence-corrected chi connectivity index (χ3v) is 7.71. The lowest BCUT2D eigenvalue weighted by molar-refractivity contribution is -0.126. The van der Waals surface area contributed by atoms with Gasteiger partial charge in [-0.2, -0.15) is 0 Å². The first-order valence-electron chi connectivity index (χ1n) is 12.3. The Morgan fingerprint density at radius 2 is 1.71 bits per heavy atom. The molecule has 174 valence electrons. The van der Waals surface area contributed by atoms with Gasteiger partial charge in [0.2, 0.25) is 5.91 Å². The molecule has 0 radical (unpaired) electrons. The molecular formula is C27H29N5O2. The first-order chi connectivity index (χ1) is 16.7. The monoisotopic (exact) mass is 455 g/mol. The Morgan fingerprint density at radius 1 is 0.941 bits per heavy atom. The van der Waals surface area contributed by atoms with Crippen molar-refractivity contribution in [1.82, 2.24) is 25.2 Å². The molecule has 0 unspecified atom stereocenters. The second-order valence-corrected chi connectivity index (χ2v) is 9.91. The minimum atomic E-state index is 0.0585. The highest BCUT2D eigenvalue weighted by Crippen LogP contribution is 2.42. The minimum absolute atomic E-state index is 0.0585. The molecule has 0 spiro atoms. The molecule has 1 aliphatic carbocycles. The fraction of sp³-hybridized carbons (Fsp3) is 0.407. The average molecular weight is 456 g/mol. The van der Waals surface area contributed by atoms with Crippen LogP contribution in [0.1, 0.15) is 53.1 Å². The van der Waals surface area contributed by atoms with Gasteiger partial charge in [-0.15, -0.1) is 5.10 Å². The van der Waals surface area contributed by atoms with Crippen molar-refractivity contribution in [3.63, 3.8) is 0 Å². The molecule has 2 saturated heterocycles. The predicted molar refractivity (Wildman–Crippen MR) is 130 cm³/mol. The van der Waals surface area contributed by atoms with Crippen molar-refractivity contribution < 1.29 is 9.59 Å². The molecule has 2 aromatic carbocycles. The molecule has 3 aliphatic rings. The van der Waals surface area contributed by atoms with E-state index in [9.17, 15) is 9.59 Å². The molecule has 7 heteroatoms. The van der Waals surface area contributed by atoms with E-state index in [1.807, 2.05) is 40.1 Å². The van der Waals surface area contributed by atoms with Gasteiger partial charge in [-0.1, -0.05) is 29.5 Å². The summed E-state index contributed by atoms with van der Waals surface area (Å²) in [6, 6.07) is 13.9. The van der Waals surface area contributed by atoms with Gasteiger partial charge in [0.05, 0.1) is 5.52 Å². The molecular weight excluding hydrogens is 426 g/mol. The van der Waals surface area contributed by atoms with Crippen molar-refractivity contribution in [2.45, 2.75) is 31.6 Å². The van der Waals surface area contributed by atoms with Crippen LogP contribution in [0, 0.1) is 11.8 Å². The van der Waals surface area contributed by atoms with Gasteiger partial charge < -0.3 is 9.80 Å². The normalized spacial score (nSPS) is 22.8. The van der Waals surface area contributed by atoms with Crippen LogP contribution in [-0.2, 0) is 4.79 Å². The minimum Gasteiger partial charge on any atom is -0.339 e. The zero-order valence-corrected chi connectivity index (χ0v) is 19.2. The molecule has 3 heterocycles. The number of nitrogens with zero attached hydrogens (tertiary/aromatic N) is 4. The average Bonchev–Trinajstić information content (AvgIpc) is 3.52. The molecule has 7 nitrogen and oxygen atoms in total. The predicted octanol–water partition coefficient (Wildman–Crippen LogP) is 3.86. The van der Waals surface area contributed by atoms with Gasteiger partial charge >= 0.3 is 0 Å². The van der Waals surface area contributed by atoms with Crippen LogP contribution in [-0.4, -0.2) is 63.2 Å². The number of benzene rings is 2. The Labute approximate surface area is 198 Å². The van der Waals surface area contributed by atoms with Crippen LogP contribution in [0.2, 0.25) is 0 Å². The fourth-order valence-electron chi connectivity index (χ4n) is 5.59. The van der Waals surface area contributed by atoms with Crippen LogP contribution >= 0.6 is 0 Å². The highest BCUT2D eigenvalue weighted by molar-refractivity contribution is 5.97. The van der Waals surface area contributed by atoms with Crippen LogP contribution in [0.15, 0.2) is 48.5 Å².